The minimum Gasteiger partial charge on any atom is -0.458 e. The van der Waals surface area contributed by atoms with E-state index in [0.717, 1.165) is 67.8 Å². The largest absolute Gasteiger partial charge is 0.458 e. The van der Waals surface area contributed by atoms with Crippen LogP contribution in [0.3, 0.4) is 0 Å². The molecule has 0 fully saturated rings. The van der Waals surface area contributed by atoms with Crippen molar-refractivity contribution >= 4 is 80.3 Å². The highest BCUT2D eigenvalue weighted by Crippen LogP contribution is 2.48. The summed E-state index contributed by atoms with van der Waals surface area (Å²) in [6, 6.07) is 55.2. The lowest BCUT2D eigenvalue weighted by Gasteiger charge is -2.42. The van der Waals surface area contributed by atoms with Gasteiger partial charge in [0.05, 0.1) is 0 Å². The second-order valence-electron chi connectivity index (χ2n) is 20.8. The lowest BCUT2D eigenvalue weighted by atomic mass is 9.31. The van der Waals surface area contributed by atoms with Crippen molar-refractivity contribution < 1.29 is 9.47 Å². The van der Waals surface area contributed by atoms with Gasteiger partial charge in [-0.2, -0.15) is 0 Å². The number of benzene rings is 9. The molecule has 0 saturated heterocycles. The summed E-state index contributed by atoms with van der Waals surface area (Å²) >= 11 is 0. The Kier molecular flexibility index (Phi) is 9.34. The molecule has 6 heteroatoms. The van der Waals surface area contributed by atoms with Crippen molar-refractivity contribution in [3.63, 3.8) is 0 Å². The Hall–Kier alpha value is -7.69. The molecular weight excluding hydrogens is 850 g/mol. The molecule has 4 heterocycles. The summed E-state index contributed by atoms with van der Waals surface area (Å²) in [4.78, 5) is 4.94. The zero-order chi connectivity index (χ0) is 48.0. The van der Waals surface area contributed by atoms with Crippen LogP contribution in [0.25, 0.3) is 22.3 Å². The van der Waals surface area contributed by atoms with Crippen LogP contribution in [-0.2, 0) is 0 Å². The van der Waals surface area contributed by atoms with Gasteiger partial charge in [-0.25, -0.2) is 0 Å². The summed E-state index contributed by atoms with van der Waals surface area (Å²) in [5.74, 6) is 3.43. The van der Waals surface area contributed by atoms with E-state index in [2.05, 4.69) is 225 Å². The molecule has 0 saturated carbocycles. The lowest BCUT2D eigenvalue weighted by molar-refractivity contribution is 0.466. The molecule has 13 rings (SSSR count). The molecule has 338 valence electrons. The molecule has 0 bridgehead atoms. The monoisotopic (exact) mass is 904 g/mol. The van der Waals surface area contributed by atoms with E-state index in [9.17, 15) is 0 Å². The van der Waals surface area contributed by atoms with Gasteiger partial charge < -0.3 is 19.3 Å². The summed E-state index contributed by atoms with van der Waals surface area (Å²) < 4.78 is 14.8. The number of hydrogen-bond acceptors (Lipinski definition) is 4. The molecule has 0 aliphatic carbocycles. The van der Waals surface area contributed by atoms with Gasteiger partial charge in [0.2, 0.25) is 0 Å². The minimum atomic E-state index is -0.0923. The molecule has 0 spiro atoms. The van der Waals surface area contributed by atoms with Crippen LogP contribution in [-0.4, -0.2) is 13.4 Å². The van der Waals surface area contributed by atoms with E-state index in [1.165, 1.54) is 100.0 Å². The lowest BCUT2D eigenvalue weighted by Crippen LogP contribution is -2.63. The number of rotatable bonds is 4. The summed E-state index contributed by atoms with van der Waals surface area (Å²) in [6.45, 7) is 21.9. The van der Waals surface area contributed by atoms with Crippen molar-refractivity contribution in [2.75, 3.05) is 9.80 Å². The molecule has 0 radical (unpaired) electrons. The maximum Gasteiger partial charge on any atom is 0.256 e. The maximum atomic E-state index is 7.39. The van der Waals surface area contributed by atoms with Gasteiger partial charge in [-0.05, 0) is 207 Å². The third-order valence-corrected chi connectivity index (χ3v) is 15.5. The van der Waals surface area contributed by atoms with E-state index in [0.29, 0.717) is 0 Å². The summed E-state index contributed by atoms with van der Waals surface area (Å²) in [7, 11) is 0. The second-order valence-corrected chi connectivity index (χ2v) is 20.8. The van der Waals surface area contributed by atoms with Crippen molar-refractivity contribution in [1.29, 1.82) is 0 Å². The van der Waals surface area contributed by atoms with Gasteiger partial charge in [0, 0.05) is 40.2 Å². The van der Waals surface area contributed by atoms with E-state index in [-0.39, 0.29) is 13.4 Å². The first-order valence-corrected chi connectivity index (χ1v) is 24.8. The van der Waals surface area contributed by atoms with Crippen LogP contribution >= 0.6 is 0 Å². The Labute approximate surface area is 413 Å². The number of ether oxygens (including phenoxy) is 2. The zero-order valence-electron chi connectivity index (χ0n) is 41.7. The molecule has 0 amide bonds. The fraction of sp³-hybridized carbons (Fsp3) is 0.156. The number of aryl methyl sites for hydroxylation is 10. The molecule has 0 unspecified atom stereocenters. The van der Waals surface area contributed by atoms with Crippen molar-refractivity contribution in [2.45, 2.75) is 69.2 Å². The number of hydrogen-bond donors (Lipinski definition) is 0. The van der Waals surface area contributed by atoms with Crippen LogP contribution in [0.4, 0.5) is 34.1 Å². The van der Waals surface area contributed by atoms with E-state index in [1.54, 1.807) is 0 Å². The fourth-order valence-electron chi connectivity index (χ4n) is 12.7. The summed E-state index contributed by atoms with van der Waals surface area (Å²) in [6.07, 6.45) is 0. The molecule has 4 nitrogen and oxygen atoms in total. The average Bonchev–Trinajstić information content (AvgIpc) is 3.31. The SMILES string of the molecule is Cc1ccc(N2c3ccc(C)cc3B3c4cc5c(cc4Oc4cc(-c6c(C)cc(C)cc6C)cc2c43)Oc2cc(-c3c(C)cc(C)cc3C)cc3c2B5c2cc(C)ccc2N3c2ccc(C)cc2)cc1. The Bertz CT molecular complexity index is 3450. The predicted octanol–water partition coefficient (Wildman–Crippen LogP) is 12.9. The molecule has 0 atom stereocenters. The fourth-order valence-corrected chi connectivity index (χ4v) is 12.7. The van der Waals surface area contributed by atoms with Gasteiger partial charge in [-0.3, -0.25) is 0 Å². The molecular formula is C64H54B2N2O2. The topological polar surface area (TPSA) is 24.9 Å². The van der Waals surface area contributed by atoms with E-state index in [4.69, 9.17) is 9.47 Å². The van der Waals surface area contributed by atoms with Crippen molar-refractivity contribution in [3.05, 3.63) is 201 Å². The number of anilines is 6. The van der Waals surface area contributed by atoms with E-state index < -0.39 is 0 Å². The van der Waals surface area contributed by atoms with Gasteiger partial charge in [-0.15, -0.1) is 0 Å². The average molecular weight is 905 g/mol. The quantitative estimate of drug-likeness (QED) is 0.164. The number of fused-ring (bicyclic) bond motifs is 8. The molecule has 4 aliphatic rings. The molecule has 0 aromatic heterocycles. The Morgan fingerprint density at radius 1 is 0.300 bits per heavy atom. The van der Waals surface area contributed by atoms with E-state index in [1.807, 2.05) is 0 Å². The minimum absolute atomic E-state index is 0.0923. The van der Waals surface area contributed by atoms with Gasteiger partial charge in [0.1, 0.15) is 23.0 Å². The molecule has 4 aliphatic heterocycles. The predicted molar refractivity (Wildman–Crippen MR) is 296 cm³/mol. The summed E-state index contributed by atoms with van der Waals surface area (Å²) in [5.41, 5.74) is 31.4. The van der Waals surface area contributed by atoms with Crippen LogP contribution in [0.1, 0.15) is 55.6 Å². The van der Waals surface area contributed by atoms with Crippen molar-refractivity contribution in [3.8, 4) is 45.3 Å². The van der Waals surface area contributed by atoms with Crippen molar-refractivity contribution in [2.24, 2.45) is 0 Å². The van der Waals surface area contributed by atoms with Crippen LogP contribution in [0, 0.1) is 69.2 Å². The van der Waals surface area contributed by atoms with Gasteiger partial charge in [-0.1, -0.05) is 112 Å². The highest BCUT2D eigenvalue weighted by molar-refractivity contribution is 7.02. The van der Waals surface area contributed by atoms with Crippen molar-refractivity contribution in [1.82, 2.24) is 0 Å². The van der Waals surface area contributed by atoms with Crippen LogP contribution in [0.5, 0.6) is 23.0 Å². The van der Waals surface area contributed by atoms with Gasteiger partial charge in [0.15, 0.2) is 0 Å². The molecule has 70 heavy (non-hydrogen) atoms. The third kappa shape index (κ3) is 6.38. The highest BCUT2D eigenvalue weighted by atomic mass is 16.5. The first-order valence-electron chi connectivity index (χ1n) is 24.8. The van der Waals surface area contributed by atoms with Gasteiger partial charge in [0.25, 0.3) is 13.4 Å². The molecule has 0 N–H and O–H groups in total. The Balaban J connectivity index is 1.08. The van der Waals surface area contributed by atoms with Crippen LogP contribution in [0.15, 0.2) is 146 Å². The van der Waals surface area contributed by atoms with Gasteiger partial charge >= 0.3 is 0 Å². The molecule has 9 aromatic rings. The van der Waals surface area contributed by atoms with E-state index >= 15 is 0 Å². The van der Waals surface area contributed by atoms with Crippen LogP contribution in [0.2, 0.25) is 0 Å². The summed E-state index contributed by atoms with van der Waals surface area (Å²) in [5, 5.41) is 0. The molecule has 9 aromatic carbocycles. The van der Waals surface area contributed by atoms with Crippen LogP contribution < -0.4 is 52.1 Å². The second kappa shape index (κ2) is 15.4. The standard InChI is InChI=1S/C64H54B2N2O2/c1-35-11-17-47(18-12-35)67-53-21-15-37(3)27-49(53)65-51-33-52-58(34-57(51)69-59-31-45(29-55(67)63(59)65)61-41(7)23-39(5)24-42(61)8)70-60-32-46(62-43(9)25-40(6)26-44(62)10)30-56-64(60)66(52)50-28-38(4)16-22-54(50)68(56)48-19-13-36(2)14-20-48/h11-34H,1-10H3. The third-order valence-electron chi connectivity index (χ3n) is 15.5. The first kappa shape index (κ1) is 42.4. The highest BCUT2D eigenvalue weighted by Gasteiger charge is 2.47. The zero-order valence-corrected chi connectivity index (χ0v) is 41.7. The number of nitrogens with zero attached hydrogens (tertiary/aromatic N) is 2. The smallest absolute Gasteiger partial charge is 0.256 e. The Morgan fingerprint density at radius 3 is 1.06 bits per heavy atom. The maximum absolute atomic E-state index is 7.39. The first-order chi connectivity index (χ1) is 33.8. The Morgan fingerprint density at radius 2 is 0.671 bits per heavy atom. The normalized spacial score (nSPS) is 13.4.